The number of rotatable bonds is 2. The number of ether oxygens (including phenoxy) is 2. The smallest absolute Gasteiger partial charge is 0.346 e. The number of carbonyl (C=O) groups is 4. The molecule has 0 unspecified atom stereocenters. The largest absolute Gasteiger partial charge is 0.386 e. The summed E-state index contributed by atoms with van der Waals surface area (Å²) in [6.07, 6.45) is 0. The van der Waals surface area contributed by atoms with Gasteiger partial charge in [-0.05, 0) is 57.3 Å². The lowest BCUT2D eigenvalue weighted by atomic mass is 9.89. The first kappa shape index (κ1) is 20.3. The van der Waals surface area contributed by atoms with Gasteiger partial charge in [-0.15, -0.1) is 0 Å². The van der Waals surface area contributed by atoms with Gasteiger partial charge >= 0.3 is 23.9 Å². The fraction of sp³-hybridized carbons (Fsp3) is 0. The average Bonchev–Trinajstić information content (AvgIpc) is 2.90. The van der Waals surface area contributed by atoms with Crippen LogP contribution in [0.15, 0.2) is 84.9 Å². The van der Waals surface area contributed by atoms with Gasteiger partial charge in [0.2, 0.25) is 0 Å². The molecule has 0 amide bonds. The molecule has 0 atom stereocenters. The predicted molar refractivity (Wildman–Crippen MR) is 132 cm³/mol. The Kier molecular flexibility index (Phi) is 4.06. The Morgan fingerprint density at radius 1 is 0.361 bits per heavy atom. The first-order chi connectivity index (χ1) is 17.5. The van der Waals surface area contributed by atoms with Crippen LogP contribution >= 0.6 is 0 Å². The van der Waals surface area contributed by atoms with Crippen LogP contribution in [0.3, 0.4) is 0 Å². The van der Waals surface area contributed by atoms with Crippen molar-refractivity contribution >= 4 is 45.4 Å². The highest BCUT2D eigenvalue weighted by Crippen LogP contribution is 2.38. The van der Waals surface area contributed by atoms with Crippen LogP contribution in [-0.2, 0) is 9.47 Å². The van der Waals surface area contributed by atoms with E-state index in [1.807, 2.05) is 48.5 Å². The normalized spacial score (nSPS) is 14.2. The van der Waals surface area contributed by atoms with Crippen LogP contribution in [0.4, 0.5) is 0 Å². The van der Waals surface area contributed by atoms with Gasteiger partial charge in [0.05, 0.1) is 22.3 Å². The van der Waals surface area contributed by atoms with Crippen LogP contribution in [0.5, 0.6) is 0 Å². The van der Waals surface area contributed by atoms with E-state index in [0.29, 0.717) is 33.0 Å². The molecule has 0 bridgehead atoms. The molecule has 36 heavy (non-hydrogen) atoms. The zero-order valence-electron chi connectivity index (χ0n) is 18.5. The molecule has 0 saturated carbocycles. The van der Waals surface area contributed by atoms with Crippen molar-refractivity contribution in [2.24, 2.45) is 0 Å². The summed E-state index contributed by atoms with van der Waals surface area (Å²) in [6.45, 7) is 0. The summed E-state index contributed by atoms with van der Waals surface area (Å²) in [4.78, 5) is 49.0. The average molecular weight is 470 g/mol. The summed E-state index contributed by atoms with van der Waals surface area (Å²) in [5.41, 5.74) is 5.08. The van der Waals surface area contributed by atoms with Gasteiger partial charge in [-0.3, -0.25) is 0 Å². The summed E-state index contributed by atoms with van der Waals surface area (Å²) in [5, 5.41) is 2.78. The maximum atomic E-state index is 12.3. The topological polar surface area (TPSA) is 86.7 Å². The molecule has 0 radical (unpaired) electrons. The van der Waals surface area contributed by atoms with Crippen LogP contribution in [0.25, 0.3) is 43.8 Å². The Labute approximate surface area is 203 Å². The Balaban J connectivity index is 1.38. The van der Waals surface area contributed by atoms with Gasteiger partial charge in [-0.1, -0.05) is 60.7 Å². The standard InChI is InChI=1S/C30H14O6/c31-27-21-5-1-3-19-17(11-13-23(25(19)21)29(33)35-27)15-7-9-16(10-8-15)18-12-14-24-26-20(18)4-2-6-22(26)28(32)36-30(24)34/h1-14H. The summed E-state index contributed by atoms with van der Waals surface area (Å²) in [6, 6.07) is 25.6. The first-order valence-electron chi connectivity index (χ1n) is 11.3. The van der Waals surface area contributed by atoms with Gasteiger partial charge < -0.3 is 9.47 Å². The molecule has 0 aromatic heterocycles. The Morgan fingerprint density at radius 2 is 0.694 bits per heavy atom. The van der Waals surface area contributed by atoms with E-state index >= 15 is 0 Å². The summed E-state index contributed by atoms with van der Waals surface area (Å²) in [5.74, 6) is -2.57. The minimum absolute atomic E-state index is 0.373. The van der Waals surface area contributed by atoms with E-state index < -0.39 is 23.9 Å². The molecular weight excluding hydrogens is 456 g/mol. The molecule has 0 spiro atoms. The van der Waals surface area contributed by atoms with Crippen molar-refractivity contribution in [1.82, 2.24) is 0 Å². The van der Waals surface area contributed by atoms with Crippen molar-refractivity contribution in [3.05, 3.63) is 107 Å². The molecule has 7 rings (SSSR count). The third-order valence-electron chi connectivity index (χ3n) is 6.84. The molecule has 6 nitrogen and oxygen atoms in total. The van der Waals surface area contributed by atoms with Crippen molar-refractivity contribution in [1.29, 1.82) is 0 Å². The third kappa shape index (κ3) is 2.72. The van der Waals surface area contributed by atoms with Crippen molar-refractivity contribution in [2.45, 2.75) is 0 Å². The van der Waals surface area contributed by atoms with Crippen molar-refractivity contribution in [3.63, 3.8) is 0 Å². The van der Waals surface area contributed by atoms with E-state index in [2.05, 4.69) is 0 Å². The molecule has 6 heteroatoms. The van der Waals surface area contributed by atoms with Crippen molar-refractivity contribution in [2.75, 3.05) is 0 Å². The van der Waals surface area contributed by atoms with Gasteiger partial charge in [0.1, 0.15) is 0 Å². The number of carbonyl (C=O) groups excluding carboxylic acids is 4. The number of hydrogen-bond donors (Lipinski definition) is 0. The maximum absolute atomic E-state index is 12.3. The molecule has 5 aromatic carbocycles. The second-order valence-corrected chi connectivity index (χ2v) is 8.71. The fourth-order valence-corrected chi connectivity index (χ4v) is 5.21. The van der Waals surface area contributed by atoms with Crippen LogP contribution in [0.1, 0.15) is 41.4 Å². The Morgan fingerprint density at radius 3 is 1.08 bits per heavy atom. The second kappa shape index (κ2) is 7.20. The summed E-state index contributed by atoms with van der Waals surface area (Å²) < 4.78 is 9.73. The molecule has 2 heterocycles. The van der Waals surface area contributed by atoms with E-state index in [0.717, 1.165) is 33.0 Å². The van der Waals surface area contributed by atoms with Crippen LogP contribution < -0.4 is 0 Å². The number of cyclic esters (lactones) is 4. The SMILES string of the molecule is O=C1OC(=O)c2ccc(-c3ccc(-c4ccc5c6c(cccc46)C(=O)OC5=O)cc3)c3cccc1c23. The van der Waals surface area contributed by atoms with E-state index in [4.69, 9.17) is 9.47 Å². The van der Waals surface area contributed by atoms with E-state index in [9.17, 15) is 19.2 Å². The minimum Gasteiger partial charge on any atom is -0.386 e. The van der Waals surface area contributed by atoms with Gasteiger partial charge in [-0.2, -0.15) is 0 Å². The van der Waals surface area contributed by atoms with Crippen LogP contribution in [0.2, 0.25) is 0 Å². The highest BCUT2D eigenvalue weighted by atomic mass is 16.6. The van der Waals surface area contributed by atoms with E-state index in [1.54, 1.807) is 36.4 Å². The van der Waals surface area contributed by atoms with Crippen molar-refractivity contribution in [3.8, 4) is 22.3 Å². The molecule has 0 N–H and O–H groups in total. The Bertz CT molecular complexity index is 1670. The molecular formula is C30H14O6. The highest BCUT2D eigenvalue weighted by molar-refractivity contribution is 6.24. The molecule has 5 aromatic rings. The second-order valence-electron chi connectivity index (χ2n) is 8.71. The first-order valence-corrected chi connectivity index (χ1v) is 11.3. The van der Waals surface area contributed by atoms with Crippen LogP contribution in [0, 0.1) is 0 Å². The molecule has 2 aliphatic heterocycles. The lowest BCUT2D eigenvalue weighted by Gasteiger charge is -2.18. The monoisotopic (exact) mass is 470 g/mol. The van der Waals surface area contributed by atoms with Gasteiger partial charge in [0, 0.05) is 10.8 Å². The molecule has 0 saturated heterocycles. The van der Waals surface area contributed by atoms with E-state index in [1.165, 1.54) is 0 Å². The number of esters is 4. The van der Waals surface area contributed by atoms with Gasteiger partial charge in [-0.25, -0.2) is 19.2 Å². The van der Waals surface area contributed by atoms with Gasteiger partial charge in [0.15, 0.2) is 0 Å². The fourth-order valence-electron chi connectivity index (χ4n) is 5.21. The minimum atomic E-state index is -0.643. The molecule has 0 aliphatic carbocycles. The zero-order chi connectivity index (χ0) is 24.6. The molecule has 0 fully saturated rings. The molecule has 2 aliphatic rings. The lowest BCUT2D eigenvalue weighted by Crippen LogP contribution is -2.19. The third-order valence-corrected chi connectivity index (χ3v) is 6.84. The zero-order valence-corrected chi connectivity index (χ0v) is 18.5. The lowest BCUT2D eigenvalue weighted by molar-refractivity contribution is 0.0373. The Hall–Kier alpha value is -5.10. The van der Waals surface area contributed by atoms with E-state index in [-0.39, 0.29) is 0 Å². The quantitative estimate of drug-likeness (QED) is 0.234. The summed E-state index contributed by atoms with van der Waals surface area (Å²) >= 11 is 0. The summed E-state index contributed by atoms with van der Waals surface area (Å²) in [7, 11) is 0. The maximum Gasteiger partial charge on any atom is 0.346 e. The number of benzene rings is 5. The van der Waals surface area contributed by atoms with Gasteiger partial charge in [0.25, 0.3) is 0 Å². The van der Waals surface area contributed by atoms with Crippen LogP contribution in [-0.4, -0.2) is 23.9 Å². The number of hydrogen-bond acceptors (Lipinski definition) is 6. The molecule has 170 valence electrons. The predicted octanol–water partition coefficient (Wildman–Crippen LogP) is 5.95. The highest BCUT2D eigenvalue weighted by Gasteiger charge is 2.29. The van der Waals surface area contributed by atoms with Crippen molar-refractivity contribution < 1.29 is 28.7 Å².